The molecule has 0 bridgehead atoms. The van der Waals surface area contributed by atoms with Gasteiger partial charge in [0, 0.05) is 43.7 Å². The predicted octanol–water partition coefficient (Wildman–Crippen LogP) is 15.2. The van der Waals surface area contributed by atoms with Gasteiger partial charge in [-0.2, -0.15) is 0 Å². The monoisotopic (exact) mass is 717 g/mol. The normalized spacial score (nSPS) is 13.3. The molecule has 264 valence electrons. The number of nitrogens with zero attached hydrogens (tertiary/aromatic N) is 1. The molecule has 0 atom stereocenters. The molecule has 0 N–H and O–H groups in total. The third-order valence-electron chi connectivity index (χ3n) is 12.2. The average molecular weight is 718 g/mol. The number of hydrogen-bond donors (Lipinski definition) is 0. The summed E-state index contributed by atoms with van der Waals surface area (Å²) in [7, 11) is 0. The molecule has 1 aliphatic carbocycles. The smallest absolute Gasteiger partial charge is 0.143 e. The Bertz CT molecular complexity index is 3420. The van der Waals surface area contributed by atoms with Crippen LogP contribution in [0.4, 0.5) is 17.1 Å². The van der Waals surface area contributed by atoms with Gasteiger partial charge in [-0.3, -0.25) is 0 Å². The molecule has 12 rings (SSSR count). The Morgan fingerprint density at radius 2 is 1.00 bits per heavy atom. The summed E-state index contributed by atoms with van der Waals surface area (Å²) in [6.07, 6.45) is 0. The largest absolute Gasteiger partial charge is 0.455 e. The van der Waals surface area contributed by atoms with Gasteiger partial charge in [0.2, 0.25) is 0 Å². The number of hydrogen-bond acceptors (Lipinski definition) is 3. The van der Waals surface area contributed by atoms with E-state index in [2.05, 4.69) is 195 Å². The highest BCUT2D eigenvalue weighted by molar-refractivity contribution is 6.21. The summed E-state index contributed by atoms with van der Waals surface area (Å²) in [6, 6.07) is 63.5. The van der Waals surface area contributed by atoms with E-state index >= 15 is 0 Å². The highest BCUT2D eigenvalue weighted by atomic mass is 16.3. The van der Waals surface area contributed by atoms with Gasteiger partial charge < -0.3 is 13.7 Å². The van der Waals surface area contributed by atoms with Crippen molar-refractivity contribution in [3.8, 4) is 22.3 Å². The first kappa shape index (κ1) is 31.3. The molecule has 2 aromatic heterocycles. The van der Waals surface area contributed by atoms with Crippen LogP contribution in [0.2, 0.25) is 0 Å². The standard InChI is InChI=1S/C53H35NO2/c1-53(2)44-20-8-7-18-40(44)41-29-26-36(31-45(41)53)54(46-21-11-23-48-50(46)43-28-25-33-13-4-6-17-39(33)52(43)56-48)35-15-9-14-34(30-35)37-19-10-22-47-49(37)42-27-24-32-12-3-5-16-38(32)51(42)55-47/h3-31H,1-2H3. The second kappa shape index (κ2) is 11.5. The minimum Gasteiger partial charge on any atom is -0.455 e. The fraction of sp³-hybridized carbons (Fsp3) is 0.0566. The molecule has 0 spiro atoms. The third kappa shape index (κ3) is 4.34. The Hall–Kier alpha value is -7.10. The van der Waals surface area contributed by atoms with E-state index < -0.39 is 0 Å². The van der Waals surface area contributed by atoms with Crippen LogP contribution < -0.4 is 4.90 Å². The van der Waals surface area contributed by atoms with Crippen molar-refractivity contribution in [1.29, 1.82) is 0 Å². The summed E-state index contributed by atoms with van der Waals surface area (Å²) in [6.45, 7) is 4.70. The fourth-order valence-corrected chi connectivity index (χ4v) is 9.59. The van der Waals surface area contributed by atoms with Gasteiger partial charge in [0.05, 0.1) is 11.1 Å². The first-order chi connectivity index (χ1) is 27.5. The zero-order chi connectivity index (χ0) is 37.1. The summed E-state index contributed by atoms with van der Waals surface area (Å²) in [5, 5.41) is 9.03. The van der Waals surface area contributed by atoms with Gasteiger partial charge in [-0.25, -0.2) is 0 Å². The summed E-state index contributed by atoms with van der Waals surface area (Å²) in [5.74, 6) is 0. The minimum atomic E-state index is -0.148. The molecule has 2 heterocycles. The average Bonchev–Trinajstić information content (AvgIpc) is 3.90. The molecule has 56 heavy (non-hydrogen) atoms. The molecule has 3 nitrogen and oxygen atoms in total. The first-order valence-corrected chi connectivity index (χ1v) is 19.3. The van der Waals surface area contributed by atoms with E-state index in [4.69, 9.17) is 8.83 Å². The molecule has 9 aromatic carbocycles. The van der Waals surface area contributed by atoms with Crippen molar-refractivity contribution < 1.29 is 8.83 Å². The zero-order valence-electron chi connectivity index (χ0n) is 31.0. The molecule has 11 aromatic rings. The van der Waals surface area contributed by atoms with Crippen molar-refractivity contribution in [3.05, 3.63) is 187 Å². The van der Waals surface area contributed by atoms with Crippen LogP contribution >= 0.6 is 0 Å². The van der Waals surface area contributed by atoms with E-state index in [9.17, 15) is 0 Å². The maximum Gasteiger partial charge on any atom is 0.143 e. The topological polar surface area (TPSA) is 29.5 Å². The second-order valence-electron chi connectivity index (χ2n) is 15.6. The lowest BCUT2D eigenvalue weighted by Crippen LogP contribution is -2.16. The Kier molecular flexibility index (Phi) is 6.40. The van der Waals surface area contributed by atoms with E-state index in [0.29, 0.717) is 0 Å². The molecule has 0 saturated heterocycles. The Morgan fingerprint density at radius 1 is 0.411 bits per heavy atom. The van der Waals surface area contributed by atoms with Gasteiger partial charge in [0.1, 0.15) is 22.3 Å². The van der Waals surface area contributed by atoms with E-state index in [1.165, 1.54) is 33.0 Å². The van der Waals surface area contributed by atoms with Crippen LogP contribution in [0.15, 0.2) is 185 Å². The van der Waals surface area contributed by atoms with Crippen molar-refractivity contribution in [1.82, 2.24) is 0 Å². The number of benzene rings is 9. The first-order valence-electron chi connectivity index (χ1n) is 19.3. The number of anilines is 3. The quantitative estimate of drug-likeness (QED) is 0.182. The number of fused-ring (bicyclic) bond motifs is 13. The van der Waals surface area contributed by atoms with E-state index in [0.717, 1.165) is 82.8 Å². The van der Waals surface area contributed by atoms with Gasteiger partial charge in [0.15, 0.2) is 0 Å². The Balaban J connectivity index is 1.11. The van der Waals surface area contributed by atoms with Gasteiger partial charge in [-0.1, -0.05) is 135 Å². The van der Waals surface area contributed by atoms with Crippen LogP contribution in [0, 0.1) is 0 Å². The van der Waals surface area contributed by atoms with E-state index in [1.54, 1.807) is 0 Å². The van der Waals surface area contributed by atoms with Gasteiger partial charge in [-0.15, -0.1) is 0 Å². The molecule has 1 aliphatic rings. The maximum absolute atomic E-state index is 6.74. The highest BCUT2D eigenvalue weighted by Gasteiger charge is 2.36. The number of rotatable bonds is 4. The molecule has 0 saturated carbocycles. The maximum atomic E-state index is 6.74. The summed E-state index contributed by atoms with van der Waals surface area (Å²) in [5.41, 5.74) is 14.2. The molecule has 3 heteroatoms. The molecule has 0 radical (unpaired) electrons. The van der Waals surface area contributed by atoms with Crippen LogP contribution in [0.5, 0.6) is 0 Å². The number of furan rings is 2. The van der Waals surface area contributed by atoms with Crippen molar-refractivity contribution in [3.63, 3.8) is 0 Å². The molecular weight excluding hydrogens is 683 g/mol. The van der Waals surface area contributed by atoms with Gasteiger partial charge >= 0.3 is 0 Å². The molecule has 0 fully saturated rings. The van der Waals surface area contributed by atoms with Crippen LogP contribution in [0.25, 0.3) is 87.7 Å². The van der Waals surface area contributed by atoms with E-state index in [-0.39, 0.29) is 5.41 Å². The summed E-state index contributed by atoms with van der Waals surface area (Å²) in [4.78, 5) is 2.43. The SMILES string of the molecule is CC1(C)c2ccccc2-c2ccc(N(c3cccc(-c4cccc5oc6c7ccccc7ccc6c45)c3)c3cccc4oc5c6ccccc6ccc5c34)cc21. The lowest BCUT2D eigenvalue weighted by atomic mass is 9.82. The van der Waals surface area contributed by atoms with Gasteiger partial charge in [-0.05, 0) is 98.8 Å². The van der Waals surface area contributed by atoms with Crippen molar-refractivity contribution >= 4 is 82.5 Å². The molecular formula is C53H35NO2. The lowest BCUT2D eigenvalue weighted by Gasteiger charge is -2.29. The lowest BCUT2D eigenvalue weighted by molar-refractivity contribution is 0.660. The zero-order valence-corrected chi connectivity index (χ0v) is 31.0. The second-order valence-corrected chi connectivity index (χ2v) is 15.6. The van der Waals surface area contributed by atoms with Crippen LogP contribution in [-0.2, 0) is 5.41 Å². The Labute approximate surface area is 323 Å². The predicted molar refractivity (Wildman–Crippen MR) is 234 cm³/mol. The van der Waals surface area contributed by atoms with Crippen molar-refractivity contribution in [2.75, 3.05) is 4.90 Å². The Morgan fingerprint density at radius 3 is 1.77 bits per heavy atom. The van der Waals surface area contributed by atoms with E-state index in [1.807, 2.05) is 0 Å². The van der Waals surface area contributed by atoms with Gasteiger partial charge in [0.25, 0.3) is 0 Å². The summed E-state index contributed by atoms with van der Waals surface area (Å²) >= 11 is 0. The molecule has 0 unspecified atom stereocenters. The molecule has 0 aliphatic heterocycles. The summed E-state index contributed by atoms with van der Waals surface area (Å²) < 4.78 is 13.4. The third-order valence-corrected chi connectivity index (χ3v) is 12.2. The fourth-order valence-electron chi connectivity index (χ4n) is 9.59. The van der Waals surface area contributed by atoms with Crippen LogP contribution in [-0.4, -0.2) is 0 Å². The molecule has 0 amide bonds. The highest BCUT2D eigenvalue weighted by Crippen LogP contribution is 2.52. The van der Waals surface area contributed by atoms with Crippen molar-refractivity contribution in [2.45, 2.75) is 19.3 Å². The van der Waals surface area contributed by atoms with Crippen LogP contribution in [0.1, 0.15) is 25.0 Å². The minimum absolute atomic E-state index is 0.148. The van der Waals surface area contributed by atoms with Crippen molar-refractivity contribution in [2.24, 2.45) is 0 Å². The van der Waals surface area contributed by atoms with Crippen LogP contribution in [0.3, 0.4) is 0 Å².